The molecule has 26 heteroatoms. The molecule has 0 aliphatic heterocycles. The van der Waals surface area contributed by atoms with Crippen molar-refractivity contribution in [1.29, 1.82) is 0 Å². The number of hydrogen-bond acceptors (Lipinski definition) is 7. The van der Waals surface area contributed by atoms with E-state index >= 15 is 8.78 Å². The molecule has 2 rings (SSSR count). The maximum atomic E-state index is 15.0. The second kappa shape index (κ2) is 22.1. The van der Waals surface area contributed by atoms with Crippen molar-refractivity contribution in [2.24, 2.45) is 5.92 Å². The van der Waals surface area contributed by atoms with Gasteiger partial charge in [-0.3, -0.25) is 5.32 Å². The Morgan fingerprint density at radius 2 is 1.13 bits per heavy atom. The minimum Gasteiger partial charge on any atom is -0.497 e. The number of esters is 1. The molecule has 8 nitrogen and oxygen atoms in total. The number of benzene rings is 2. The number of alkyl halides is 17. The highest BCUT2D eigenvalue weighted by atomic mass is 28.4. The number of rotatable bonds is 25. The van der Waals surface area contributed by atoms with Crippen molar-refractivity contribution in [3.05, 3.63) is 65.7 Å². The second-order valence-electron chi connectivity index (χ2n) is 16.2. The summed E-state index contributed by atoms with van der Waals surface area (Å²) in [5.74, 6) is -57.2. The number of halogens is 17. The van der Waals surface area contributed by atoms with Crippen molar-refractivity contribution >= 4 is 26.1 Å². The maximum absolute atomic E-state index is 15.0. The van der Waals surface area contributed by atoms with Crippen molar-refractivity contribution < 1.29 is 108 Å². The van der Waals surface area contributed by atoms with Crippen LogP contribution in [0.2, 0.25) is 17.1 Å². The van der Waals surface area contributed by atoms with Crippen LogP contribution in [0.15, 0.2) is 60.2 Å². The van der Waals surface area contributed by atoms with Gasteiger partial charge < -0.3 is 23.4 Å². The molecule has 1 amide bonds. The van der Waals surface area contributed by atoms with Crippen LogP contribution in [0.4, 0.5) is 85.1 Å². The van der Waals surface area contributed by atoms with Crippen LogP contribution < -0.4 is 14.8 Å². The van der Waals surface area contributed by atoms with Crippen LogP contribution in [-0.2, 0) is 18.7 Å². The molecule has 0 aromatic heterocycles. The highest BCUT2D eigenvalue weighted by Gasteiger charge is 2.95. The van der Waals surface area contributed by atoms with Gasteiger partial charge in [0.15, 0.2) is 8.32 Å². The van der Waals surface area contributed by atoms with E-state index in [-0.39, 0.29) is 18.8 Å². The summed E-state index contributed by atoms with van der Waals surface area (Å²) in [6.07, 6.45) is -10.4. The molecule has 68 heavy (non-hydrogen) atoms. The molecule has 0 fully saturated rings. The molecule has 0 bridgehead atoms. The van der Waals surface area contributed by atoms with Gasteiger partial charge in [-0.15, -0.1) is 0 Å². The van der Waals surface area contributed by atoms with E-state index in [0.717, 1.165) is 0 Å². The van der Waals surface area contributed by atoms with Gasteiger partial charge >= 0.3 is 59.7 Å². The zero-order valence-corrected chi connectivity index (χ0v) is 38.5. The van der Waals surface area contributed by atoms with E-state index in [1.54, 1.807) is 44.2 Å². The SMILES string of the molecule is CCOC(=O)/C(C)=C/C[C@H](C)[C@H](OC(=O)Nc1ccc(OC)cc1)c1ccc(OCCO[Si](CCC(F)(F)C(F)(F)C(F)(F)C(F)(F)C(F)(F)C(F)(F)C(F)(F)C(F)(F)F)(C(C)C)C(C)C)cc1. The second-order valence-corrected chi connectivity index (χ2v) is 21.2. The summed E-state index contributed by atoms with van der Waals surface area (Å²) in [4.78, 5) is 25.2. The third-order valence-corrected chi connectivity index (χ3v) is 16.7. The van der Waals surface area contributed by atoms with Gasteiger partial charge in [0, 0.05) is 23.6 Å². The molecule has 2 aromatic carbocycles. The first-order valence-corrected chi connectivity index (χ1v) is 22.7. The molecule has 0 aliphatic carbocycles. The summed E-state index contributed by atoms with van der Waals surface area (Å²) in [5, 5.41) is 2.59. The van der Waals surface area contributed by atoms with Gasteiger partial charge in [0.1, 0.15) is 24.2 Å². The molecule has 2 aromatic rings. The maximum Gasteiger partial charge on any atom is 0.460 e. The highest BCUT2D eigenvalue weighted by Crippen LogP contribution is 2.64. The molecule has 2 atom stereocenters. The first kappa shape index (κ1) is 59.6. The topological polar surface area (TPSA) is 92.3 Å². The van der Waals surface area contributed by atoms with E-state index in [9.17, 15) is 75.4 Å². The molecular weight excluding hydrogens is 982 g/mol. The molecule has 0 aliphatic rings. The van der Waals surface area contributed by atoms with Crippen molar-refractivity contribution in [2.45, 2.75) is 132 Å². The van der Waals surface area contributed by atoms with Gasteiger partial charge in [-0.1, -0.05) is 52.8 Å². The summed E-state index contributed by atoms with van der Waals surface area (Å²) >= 11 is 0. The van der Waals surface area contributed by atoms with E-state index in [0.29, 0.717) is 22.6 Å². The number of nitrogens with one attached hydrogen (secondary N) is 1. The Kier molecular flexibility index (Phi) is 19.4. The third kappa shape index (κ3) is 12.3. The van der Waals surface area contributed by atoms with E-state index in [2.05, 4.69) is 5.32 Å². The van der Waals surface area contributed by atoms with Crippen LogP contribution in [-0.4, -0.2) is 94.9 Å². The lowest BCUT2D eigenvalue weighted by Gasteiger charge is -2.44. The van der Waals surface area contributed by atoms with Gasteiger partial charge in [0.2, 0.25) is 0 Å². The molecule has 0 heterocycles. The molecule has 0 radical (unpaired) electrons. The zero-order valence-electron chi connectivity index (χ0n) is 37.5. The number of hydrogen-bond donors (Lipinski definition) is 1. The Bertz CT molecular complexity index is 1990. The van der Waals surface area contributed by atoms with Crippen LogP contribution in [0.5, 0.6) is 11.5 Å². The van der Waals surface area contributed by atoms with Gasteiger partial charge in [-0.05, 0) is 79.4 Å². The predicted octanol–water partition coefficient (Wildman–Crippen LogP) is 14.1. The average molecular weight is 1030 g/mol. The molecule has 0 unspecified atom stereocenters. The number of carbonyl (C=O) groups is 2. The largest absolute Gasteiger partial charge is 0.497 e. The Labute approximate surface area is 381 Å². The molecule has 388 valence electrons. The van der Waals surface area contributed by atoms with Crippen molar-refractivity contribution in [3.63, 3.8) is 0 Å². The number of amides is 1. The number of carbonyl (C=O) groups excluding carboxylic acids is 2. The van der Waals surface area contributed by atoms with Crippen LogP contribution >= 0.6 is 0 Å². The quantitative estimate of drug-likeness (QED) is 0.0348. The lowest BCUT2D eigenvalue weighted by molar-refractivity contribution is -0.461. The summed E-state index contributed by atoms with van der Waals surface area (Å²) in [6.45, 7) is 9.34. The average Bonchev–Trinajstić information content (AvgIpc) is 3.23. The van der Waals surface area contributed by atoms with Crippen LogP contribution in [0.3, 0.4) is 0 Å². The fraction of sp³-hybridized carbons (Fsp3) is 0.619. The van der Waals surface area contributed by atoms with Crippen LogP contribution in [0.1, 0.15) is 73.0 Å². The number of ether oxygens (including phenoxy) is 4. The monoisotopic (exact) mass is 1030 g/mol. The molecular formula is C42H50F17NO7Si. The lowest BCUT2D eigenvalue weighted by atomic mass is 9.88. The van der Waals surface area contributed by atoms with Gasteiger partial charge in [-0.2, -0.15) is 74.6 Å². The summed E-state index contributed by atoms with van der Waals surface area (Å²) < 4.78 is 264. The predicted molar refractivity (Wildman–Crippen MR) is 214 cm³/mol. The highest BCUT2D eigenvalue weighted by molar-refractivity contribution is 6.76. The number of anilines is 1. The van der Waals surface area contributed by atoms with E-state index < -0.39 is 117 Å². The molecule has 1 N–H and O–H groups in total. The minimum atomic E-state index is -8.70. The van der Waals surface area contributed by atoms with E-state index in [1.807, 2.05) is 0 Å². The van der Waals surface area contributed by atoms with Crippen LogP contribution in [0.25, 0.3) is 0 Å². The Morgan fingerprint density at radius 3 is 1.59 bits per heavy atom. The smallest absolute Gasteiger partial charge is 0.460 e. The van der Waals surface area contributed by atoms with Crippen LogP contribution in [0, 0.1) is 5.92 Å². The molecule has 0 saturated carbocycles. The summed E-state index contributed by atoms with van der Waals surface area (Å²) in [6, 6.07) is 10.8. The first-order chi connectivity index (χ1) is 30.9. The Hall–Kier alpha value is -4.49. The summed E-state index contributed by atoms with van der Waals surface area (Å²) in [7, 11) is -2.57. The van der Waals surface area contributed by atoms with Crippen molar-refractivity contribution in [2.75, 3.05) is 32.2 Å². The zero-order chi connectivity index (χ0) is 52.7. The Balaban J connectivity index is 2.32. The standard InChI is InChI=1S/C42H50F17NO7Si/c1-9-64-33(61)27(7)11-10-26(6)32(67-34(62)60-29-14-18-30(63-8)19-15-29)28-12-16-31(17-13-28)65-21-22-66-68(24(2)3,25(4)5)23-20-35(43,44)36(45,46)37(47,48)38(49,50)39(51,52)40(53,54)41(55,56)42(57,58)59/h11-19,24-26,32H,9-10,20-23H2,1-8H3,(H,60,62)/b27-11+/t26-,32-/m0/s1. The molecule has 0 spiro atoms. The van der Waals surface area contributed by atoms with Crippen molar-refractivity contribution in [3.8, 4) is 11.5 Å². The Morgan fingerprint density at radius 1 is 0.662 bits per heavy atom. The van der Waals surface area contributed by atoms with Gasteiger partial charge in [-0.25, -0.2) is 9.59 Å². The minimum absolute atomic E-state index is 0.121. The number of allylic oxidation sites excluding steroid dienone is 1. The summed E-state index contributed by atoms with van der Waals surface area (Å²) in [5.41, 5.74) is -0.700. The number of methoxy groups -OCH3 is 1. The van der Waals surface area contributed by atoms with Crippen molar-refractivity contribution in [1.82, 2.24) is 0 Å². The van der Waals surface area contributed by atoms with E-state index in [4.69, 9.17) is 23.4 Å². The normalized spacial score (nSPS) is 15.0. The third-order valence-electron chi connectivity index (χ3n) is 11.0. The fourth-order valence-electron chi connectivity index (χ4n) is 6.76. The first-order valence-electron chi connectivity index (χ1n) is 20.4. The molecule has 0 saturated heterocycles. The lowest BCUT2D eigenvalue weighted by Crippen LogP contribution is -2.74. The fourth-order valence-corrected chi connectivity index (χ4v) is 11.2. The van der Waals surface area contributed by atoms with Gasteiger partial charge in [0.25, 0.3) is 0 Å². The van der Waals surface area contributed by atoms with Gasteiger partial charge in [0.05, 0.1) is 20.3 Å². The van der Waals surface area contributed by atoms with E-state index in [1.165, 1.54) is 66.0 Å².